The summed E-state index contributed by atoms with van der Waals surface area (Å²) >= 11 is 3.12. The SMILES string of the molecule is CN(SBr)P1(=O)OCC(C)(C)CO1. The predicted octanol–water partition coefficient (Wildman–Crippen LogP) is 3.06. The summed E-state index contributed by atoms with van der Waals surface area (Å²) in [7, 11) is -0.207. The smallest absolute Gasteiger partial charge is 0.295 e. The van der Waals surface area contributed by atoms with Crippen LogP contribution in [0.15, 0.2) is 0 Å². The van der Waals surface area contributed by atoms with Gasteiger partial charge in [0.25, 0.3) is 0 Å². The Morgan fingerprint density at radius 3 is 2.31 bits per heavy atom. The molecule has 0 aromatic carbocycles. The molecule has 13 heavy (non-hydrogen) atoms. The van der Waals surface area contributed by atoms with Crippen molar-refractivity contribution in [3.05, 3.63) is 0 Å². The molecule has 0 unspecified atom stereocenters. The van der Waals surface area contributed by atoms with E-state index < -0.39 is 7.75 Å². The van der Waals surface area contributed by atoms with E-state index in [1.54, 1.807) is 7.05 Å². The Bertz CT molecular complexity index is 224. The fourth-order valence-corrected chi connectivity index (χ4v) is 4.23. The van der Waals surface area contributed by atoms with Gasteiger partial charge in [0, 0.05) is 37.7 Å². The van der Waals surface area contributed by atoms with Crippen molar-refractivity contribution in [3.63, 3.8) is 0 Å². The molecule has 0 bridgehead atoms. The van der Waals surface area contributed by atoms with Gasteiger partial charge in [0.2, 0.25) is 0 Å². The highest BCUT2D eigenvalue weighted by molar-refractivity contribution is 9.49. The molecule has 7 heteroatoms. The van der Waals surface area contributed by atoms with Gasteiger partial charge in [-0.05, 0) is 0 Å². The van der Waals surface area contributed by atoms with Crippen LogP contribution in [0.25, 0.3) is 0 Å². The summed E-state index contributed by atoms with van der Waals surface area (Å²) in [6, 6.07) is 0. The van der Waals surface area contributed by atoms with Gasteiger partial charge in [-0.1, -0.05) is 13.8 Å². The maximum atomic E-state index is 11.9. The Morgan fingerprint density at radius 1 is 1.46 bits per heavy atom. The molecule has 0 aliphatic carbocycles. The van der Waals surface area contributed by atoms with Crippen molar-refractivity contribution in [3.8, 4) is 0 Å². The normalized spacial score (nSPS) is 26.2. The van der Waals surface area contributed by atoms with Crippen molar-refractivity contribution < 1.29 is 13.6 Å². The average molecular weight is 290 g/mol. The van der Waals surface area contributed by atoms with Crippen molar-refractivity contribution in [2.24, 2.45) is 5.41 Å². The molecule has 0 N–H and O–H groups in total. The van der Waals surface area contributed by atoms with E-state index in [0.29, 0.717) is 13.2 Å². The summed E-state index contributed by atoms with van der Waals surface area (Å²) in [6.07, 6.45) is 0. The number of nitrogens with zero attached hydrogens (tertiary/aromatic N) is 1. The molecule has 0 aromatic heterocycles. The second kappa shape index (κ2) is 4.21. The fraction of sp³-hybridized carbons (Fsp3) is 1.00. The van der Waals surface area contributed by atoms with Gasteiger partial charge in [-0.3, -0.25) is 9.05 Å². The Morgan fingerprint density at radius 2 is 1.92 bits per heavy atom. The molecule has 1 heterocycles. The molecule has 1 aliphatic heterocycles. The third-order valence-corrected chi connectivity index (χ3v) is 6.30. The maximum absolute atomic E-state index is 11.9. The van der Waals surface area contributed by atoms with Gasteiger partial charge in [0.1, 0.15) is 0 Å². The number of hydrogen-bond acceptors (Lipinski definition) is 4. The van der Waals surface area contributed by atoms with Crippen molar-refractivity contribution in [1.29, 1.82) is 0 Å². The van der Waals surface area contributed by atoms with Crippen molar-refractivity contribution in [1.82, 2.24) is 4.08 Å². The lowest BCUT2D eigenvalue weighted by atomic mass is 9.97. The third-order valence-electron chi connectivity index (χ3n) is 1.68. The van der Waals surface area contributed by atoms with Gasteiger partial charge in [-0.15, -0.1) is 4.08 Å². The molecule has 4 nitrogen and oxygen atoms in total. The van der Waals surface area contributed by atoms with E-state index in [0.717, 1.165) is 10.4 Å². The van der Waals surface area contributed by atoms with Crippen LogP contribution < -0.4 is 0 Å². The highest BCUT2D eigenvalue weighted by Gasteiger charge is 2.40. The Labute approximate surface area is 90.3 Å². The topological polar surface area (TPSA) is 38.8 Å². The fourth-order valence-electron chi connectivity index (χ4n) is 0.792. The molecular formula is C6H13BrNO3PS. The van der Waals surface area contributed by atoms with Crippen LogP contribution in [0.3, 0.4) is 0 Å². The lowest BCUT2D eigenvalue weighted by Gasteiger charge is -2.35. The van der Waals surface area contributed by atoms with Gasteiger partial charge >= 0.3 is 7.75 Å². The summed E-state index contributed by atoms with van der Waals surface area (Å²) in [4.78, 5) is 0. The lowest BCUT2D eigenvalue weighted by molar-refractivity contribution is 0.0317. The van der Waals surface area contributed by atoms with Gasteiger partial charge in [-0.25, -0.2) is 4.57 Å². The molecule has 1 saturated heterocycles. The van der Waals surface area contributed by atoms with Crippen LogP contribution in [-0.2, 0) is 13.6 Å². The van der Waals surface area contributed by atoms with Crippen LogP contribution in [0.5, 0.6) is 0 Å². The first kappa shape index (κ1) is 12.0. The predicted molar refractivity (Wildman–Crippen MR) is 57.6 cm³/mol. The van der Waals surface area contributed by atoms with E-state index in [-0.39, 0.29) is 5.41 Å². The zero-order valence-electron chi connectivity index (χ0n) is 7.82. The molecule has 0 aromatic rings. The van der Waals surface area contributed by atoms with E-state index in [2.05, 4.69) is 14.8 Å². The Hall–Kier alpha value is 0.940. The molecule has 0 atom stereocenters. The molecule has 0 radical (unpaired) electrons. The van der Waals surface area contributed by atoms with Crippen LogP contribution in [0.1, 0.15) is 13.8 Å². The van der Waals surface area contributed by atoms with E-state index in [1.165, 1.54) is 4.08 Å². The highest BCUT2D eigenvalue weighted by atomic mass is 79.9. The zero-order valence-corrected chi connectivity index (χ0v) is 11.1. The largest absolute Gasteiger partial charge is 0.418 e. The first-order valence-corrected chi connectivity index (χ1v) is 7.93. The van der Waals surface area contributed by atoms with E-state index in [1.807, 2.05) is 13.8 Å². The number of hydrogen-bond donors (Lipinski definition) is 0. The quantitative estimate of drug-likeness (QED) is 0.577. The van der Waals surface area contributed by atoms with Gasteiger partial charge < -0.3 is 0 Å². The van der Waals surface area contributed by atoms with Gasteiger partial charge in [0.05, 0.1) is 13.2 Å². The highest BCUT2D eigenvalue weighted by Crippen LogP contribution is 2.59. The third kappa shape index (κ3) is 2.94. The van der Waals surface area contributed by atoms with Crippen LogP contribution in [0.2, 0.25) is 0 Å². The van der Waals surface area contributed by atoms with Crippen molar-refractivity contribution in [2.75, 3.05) is 20.3 Å². The zero-order chi connectivity index (χ0) is 10.1. The van der Waals surface area contributed by atoms with Crippen LogP contribution in [0, 0.1) is 5.41 Å². The molecule has 0 amide bonds. The van der Waals surface area contributed by atoms with Gasteiger partial charge in [-0.2, -0.15) is 0 Å². The summed E-state index contributed by atoms with van der Waals surface area (Å²) in [5.41, 5.74) is -0.0499. The molecule has 0 spiro atoms. The van der Waals surface area contributed by atoms with E-state index in [4.69, 9.17) is 9.05 Å². The number of rotatable bonds is 2. The second-order valence-corrected chi connectivity index (χ2v) is 7.59. The van der Waals surface area contributed by atoms with E-state index >= 15 is 0 Å². The van der Waals surface area contributed by atoms with Crippen LogP contribution >= 0.6 is 32.9 Å². The van der Waals surface area contributed by atoms with E-state index in [9.17, 15) is 4.57 Å². The average Bonchev–Trinajstić information content (AvgIpc) is 2.09. The standard InChI is InChI=1S/C6H13BrNO3PS/c1-6(2)4-10-12(9,11-5-6)8(3)13-7/h4-5H2,1-3H3. The number of halogens is 1. The van der Waals surface area contributed by atoms with Crippen LogP contribution in [-0.4, -0.2) is 24.3 Å². The van der Waals surface area contributed by atoms with Crippen LogP contribution in [0.4, 0.5) is 0 Å². The summed E-state index contributed by atoms with van der Waals surface area (Å²) in [5, 5.41) is 0. The lowest BCUT2D eigenvalue weighted by Crippen LogP contribution is -2.31. The second-order valence-electron chi connectivity index (χ2n) is 3.71. The van der Waals surface area contributed by atoms with Crippen molar-refractivity contribution in [2.45, 2.75) is 13.8 Å². The molecule has 78 valence electrons. The summed E-state index contributed by atoms with van der Waals surface area (Å²) in [6.45, 7) is 4.94. The molecule has 1 fully saturated rings. The Kier molecular flexibility index (Phi) is 3.89. The minimum Gasteiger partial charge on any atom is -0.295 e. The first-order chi connectivity index (χ1) is 5.90. The monoisotopic (exact) mass is 289 g/mol. The molecule has 0 saturated carbocycles. The maximum Gasteiger partial charge on any atom is 0.418 e. The minimum atomic E-state index is -3.03. The Balaban J connectivity index is 2.62. The van der Waals surface area contributed by atoms with Crippen molar-refractivity contribution >= 4 is 32.9 Å². The summed E-state index contributed by atoms with van der Waals surface area (Å²) in [5.74, 6) is 0. The summed E-state index contributed by atoms with van der Waals surface area (Å²) < 4.78 is 23.8. The first-order valence-electron chi connectivity index (χ1n) is 3.82. The van der Waals surface area contributed by atoms with Gasteiger partial charge in [0.15, 0.2) is 0 Å². The minimum absolute atomic E-state index is 0.0499. The molecule has 1 rings (SSSR count). The molecule has 1 aliphatic rings. The molecular weight excluding hydrogens is 277 g/mol.